The molecule has 0 spiro atoms. The van der Waals surface area contributed by atoms with Crippen LogP contribution in [0.2, 0.25) is 0 Å². The largest absolute Gasteiger partial charge is 0.370 e. The first kappa shape index (κ1) is 20.3. The first-order valence-corrected chi connectivity index (χ1v) is 10.3. The van der Waals surface area contributed by atoms with Crippen LogP contribution in [0.25, 0.3) is 0 Å². The summed E-state index contributed by atoms with van der Waals surface area (Å²) in [4.78, 5) is 21.5. The summed E-state index contributed by atoms with van der Waals surface area (Å²) in [5, 5.41) is 3.32. The van der Waals surface area contributed by atoms with E-state index in [1.54, 1.807) is 6.20 Å². The number of pyridine rings is 1. The van der Waals surface area contributed by atoms with Gasteiger partial charge in [0.25, 0.3) is 5.91 Å². The Balaban J connectivity index is 1.52. The highest BCUT2D eigenvalue weighted by molar-refractivity contribution is 5.94. The molecular formula is C23H32N4O. The summed E-state index contributed by atoms with van der Waals surface area (Å²) >= 11 is 0. The van der Waals surface area contributed by atoms with Gasteiger partial charge in [-0.05, 0) is 69.9 Å². The molecule has 2 heterocycles. The predicted molar refractivity (Wildman–Crippen MR) is 115 cm³/mol. The number of carbonyl (C=O) groups excluding carboxylic acids is 1. The Morgan fingerprint density at radius 3 is 2.68 bits per heavy atom. The van der Waals surface area contributed by atoms with E-state index in [9.17, 15) is 4.79 Å². The SMILES string of the molecule is CN(C)CCCNc1ccc(C(=O)N2CCC[C@H](c3ccccc3)CC2)cn1. The Bertz CT molecular complexity index is 730. The number of likely N-dealkylation sites (tertiary alicyclic amines) is 1. The van der Waals surface area contributed by atoms with Crippen molar-refractivity contribution in [1.82, 2.24) is 14.8 Å². The highest BCUT2D eigenvalue weighted by Crippen LogP contribution is 2.28. The number of carbonyl (C=O) groups is 1. The van der Waals surface area contributed by atoms with Crippen LogP contribution >= 0.6 is 0 Å². The minimum absolute atomic E-state index is 0.0976. The standard InChI is InChI=1S/C23H32N4O/c1-26(2)15-7-14-24-22-12-11-21(18-25-22)23(28)27-16-6-10-20(13-17-27)19-8-4-3-5-9-19/h3-5,8-9,11-12,18,20H,6-7,10,13-17H2,1-2H3,(H,24,25)/t20-/m0/s1. The van der Waals surface area contributed by atoms with Crippen molar-refractivity contribution in [2.45, 2.75) is 31.6 Å². The molecule has 1 aromatic carbocycles. The summed E-state index contributed by atoms with van der Waals surface area (Å²) < 4.78 is 0. The molecule has 5 nitrogen and oxygen atoms in total. The molecule has 1 atom stereocenters. The number of hydrogen-bond donors (Lipinski definition) is 1. The van der Waals surface area contributed by atoms with Crippen molar-refractivity contribution >= 4 is 11.7 Å². The van der Waals surface area contributed by atoms with Crippen LogP contribution in [0.4, 0.5) is 5.82 Å². The van der Waals surface area contributed by atoms with Crippen molar-refractivity contribution in [2.24, 2.45) is 0 Å². The van der Waals surface area contributed by atoms with Crippen molar-refractivity contribution < 1.29 is 4.79 Å². The van der Waals surface area contributed by atoms with Gasteiger partial charge >= 0.3 is 0 Å². The normalized spacial score (nSPS) is 17.4. The molecule has 1 aliphatic heterocycles. The Kier molecular flexibility index (Phi) is 7.43. The lowest BCUT2D eigenvalue weighted by Crippen LogP contribution is -2.32. The topological polar surface area (TPSA) is 48.5 Å². The molecule has 1 saturated heterocycles. The number of amides is 1. The van der Waals surface area contributed by atoms with E-state index in [1.165, 1.54) is 5.56 Å². The molecule has 1 aromatic heterocycles. The van der Waals surface area contributed by atoms with Crippen LogP contribution in [0.5, 0.6) is 0 Å². The van der Waals surface area contributed by atoms with E-state index in [2.05, 4.69) is 59.6 Å². The van der Waals surface area contributed by atoms with Gasteiger partial charge in [0.2, 0.25) is 0 Å². The van der Waals surface area contributed by atoms with Gasteiger partial charge in [0.05, 0.1) is 5.56 Å². The number of nitrogens with zero attached hydrogens (tertiary/aromatic N) is 3. The summed E-state index contributed by atoms with van der Waals surface area (Å²) in [6.45, 7) is 3.56. The molecule has 1 fully saturated rings. The van der Waals surface area contributed by atoms with Crippen LogP contribution in [0.15, 0.2) is 48.7 Å². The molecule has 3 rings (SSSR count). The van der Waals surface area contributed by atoms with Gasteiger partial charge in [-0.3, -0.25) is 4.79 Å². The maximum Gasteiger partial charge on any atom is 0.255 e. The minimum atomic E-state index is 0.0976. The lowest BCUT2D eigenvalue weighted by Gasteiger charge is -2.21. The summed E-state index contributed by atoms with van der Waals surface area (Å²) in [7, 11) is 4.15. The smallest absolute Gasteiger partial charge is 0.255 e. The third kappa shape index (κ3) is 5.80. The molecule has 0 bridgehead atoms. The van der Waals surface area contributed by atoms with Gasteiger partial charge in [-0.15, -0.1) is 0 Å². The molecule has 0 saturated carbocycles. The fraction of sp³-hybridized carbons (Fsp3) is 0.478. The highest BCUT2D eigenvalue weighted by atomic mass is 16.2. The quantitative estimate of drug-likeness (QED) is 0.741. The zero-order valence-corrected chi connectivity index (χ0v) is 17.1. The molecule has 2 aromatic rings. The summed E-state index contributed by atoms with van der Waals surface area (Å²) in [6, 6.07) is 14.5. The van der Waals surface area contributed by atoms with Crippen LogP contribution in [-0.2, 0) is 0 Å². The zero-order chi connectivity index (χ0) is 19.8. The van der Waals surface area contributed by atoms with Crippen LogP contribution in [0.3, 0.4) is 0 Å². The molecule has 0 aliphatic carbocycles. The van der Waals surface area contributed by atoms with Crippen molar-refractivity contribution in [3.63, 3.8) is 0 Å². The van der Waals surface area contributed by atoms with Gasteiger partial charge in [-0.1, -0.05) is 30.3 Å². The second-order valence-electron chi connectivity index (χ2n) is 7.85. The Hall–Kier alpha value is -2.40. The molecule has 0 radical (unpaired) electrons. The molecule has 150 valence electrons. The van der Waals surface area contributed by atoms with E-state index < -0.39 is 0 Å². The third-order valence-electron chi connectivity index (χ3n) is 5.38. The van der Waals surface area contributed by atoms with Crippen molar-refractivity contribution in [2.75, 3.05) is 45.6 Å². The fourth-order valence-electron chi connectivity index (χ4n) is 3.78. The maximum absolute atomic E-state index is 12.9. The van der Waals surface area contributed by atoms with Gasteiger partial charge in [0, 0.05) is 25.8 Å². The van der Waals surface area contributed by atoms with Crippen LogP contribution in [0, 0.1) is 0 Å². The Labute approximate surface area is 168 Å². The highest BCUT2D eigenvalue weighted by Gasteiger charge is 2.22. The molecule has 28 heavy (non-hydrogen) atoms. The average molecular weight is 381 g/mol. The predicted octanol–water partition coefficient (Wildman–Crippen LogP) is 3.86. The van der Waals surface area contributed by atoms with Gasteiger partial charge in [0.1, 0.15) is 5.82 Å². The van der Waals surface area contributed by atoms with E-state index in [0.717, 1.165) is 57.7 Å². The van der Waals surface area contributed by atoms with Gasteiger partial charge < -0.3 is 15.1 Å². The van der Waals surface area contributed by atoms with Crippen LogP contribution < -0.4 is 5.32 Å². The Morgan fingerprint density at radius 2 is 1.96 bits per heavy atom. The summed E-state index contributed by atoms with van der Waals surface area (Å²) in [5.74, 6) is 1.47. The van der Waals surface area contributed by atoms with Crippen molar-refractivity contribution in [1.29, 1.82) is 0 Å². The summed E-state index contributed by atoms with van der Waals surface area (Å²) in [5.41, 5.74) is 2.07. The number of hydrogen-bond acceptors (Lipinski definition) is 4. The second-order valence-corrected chi connectivity index (χ2v) is 7.85. The first-order valence-electron chi connectivity index (χ1n) is 10.3. The van der Waals surface area contributed by atoms with E-state index in [4.69, 9.17) is 0 Å². The number of benzene rings is 1. The van der Waals surface area contributed by atoms with E-state index in [0.29, 0.717) is 11.5 Å². The molecule has 0 unspecified atom stereocenters. The molecule has 5 heteroatoms. The number of anilines is 1. The van der Waals surface area contributed by atoms with E-state index >= 15 is 0 Å². The average Bonchev–Trinajstić information content (AvgIpc) is 2.98. The number of rotatable bonds is 7. The minimum Gasteiger partial charge on any atom is -0.370 e. The third-order valence-corrected chi connectivity index (χ3v) is 5.38. The van der Waals surface area contributed by atoms with Gasteiger partial charge in [-0.2, -0.15) is 0 Å². The van der Waals surface area contributed by atoms with Gasteiger partial charge in [-0.25, -0.2) is 4.98 Å². The molecule has 1 amide bonds. The Morgan fingerprint density at radius 1 is 1.14 bits per heavy atom. The van der Waals surface area contributed by atoms with Crippen LogP contribution in [0.1, 0.15) is 47.5 Å². The monoisotopic (exact) mass is 380 g/mol. The number of aromatic nitrogens is 1. The summed E-state index contributed by atoms with van der Waals surface area (Å²) in [6.07, 6.45) is 5.97. The van der Waals surface area contributed by atoms with E-state index in [-0.39, 0.29) is 5.91 Å². The second kappa shape index (κ2) is 10.2. The lowest BCUT2D eigenvalue weighted by molar-refractivity contribution is 0.0760. The van der Waals surface area contributed by atoms with Crippen LogP contribution in [-0.4, -0.2) is 61.0 Å². The van der Waals surface area contributed by atoms with Gasteiger partial charge in [0.15, 0.2) is 0 Å². The molecule has 1 aliphatic rings. The zero-order valence-electron chi connectivity index (χ0n) is 17.1. The fourth-order valence-corrected chi connectivity index (χ4v) is 3.78. The van der Waals surface area contributed by atoms with Crippen molar-refractivity contribution in [3.05, 3.63) is 59.8 Å². The van der Waals surface area contributed by atoms with Crippen molar-refractivity contribution in [3.8, 4) is 0 Å². The maximum atomic E-state index is 12.9. The molecular weight excluding hydrogens is 348 g/mol. The molecule has 1 N–H and O–H groups in total. The lowest BCUT2D eigenvalue weighted by atomic mass is 9.92. The number of nitrogens with one attached hydrogen (secondary N) is 1. The van der Waals surface area contributed by atoms with E-state index in [1.807, 2.05) is 17.0 Å². The first-order chi connectivity index (χ1) is 13.6.